The number of hydrogen-bond acceptors (Lipinski definition) is 5. The first-order chi connectivity index (χ1) is 12.0. The summed E-state index contributed by atoms with van der Waals surface area (Å²) in [6.45, 7) is 14.2. The van der Waals surface area contributed by atoms with Crippen molar-refractivity contribution in [1.82, 2.24) is 10.2 Å². The van der Waals surface area contributed by atoms with Gasteiger partial charge in [-0.15, -0.1) is 0 Å². The Bertz CT molecular complexity index is 508. The summed E-state index contributed by atoms with van der Waals surface area (Å²) in [7, 11) is 0. The van der Waals surface area contributed by atoms with Gasteiger partial charge in [-0.1, -0.05) is 27.7 Å². The topological polar surface area (TPSA) is 67.1 Å². The van der Waals surface area contributed by atoms with Gasteiger partial charge in [-0.25, -0.2) is 4.99 Å². The Morgan fingerprint density at radius 3 is 2.60 bits per heavy atom. The van der Waals surface area contributed by atoms with Crippen LogP contribution in [0.2, 0.25) is 0 Å². The number of nitrogens with zero attached hydrogens (tertiary/aromatic N) is 2. The van der Waals surface area contributed by atoms with Crippen LogP contribution in [0.25, 0.3) is 0 Å². The Labute approximate surface area is 151 Å². The number of ether oxygens (including phenoxy) is 1. The molecule has 1 aromatic rings. The molecule has 142 valence electrons. The number of rotatable bonds is 10. The Kier molecular flexibility index (Phi) is 9.92. The largest absolute Gasteiger partial charge is 0.465 e. The first-order valence-electron chi connectivity index (χ1n) is 9.24. The van der Waals surface area contributed by atoms with E-state index in [1.54, 1.807) is 12.1 Å². The summed E-state index contributed by atoms with van der Waals surface area (Å²) in [6.07, 6.45) is 3.48. The fourth-order valence-electron chi connectivity index (χ4n) is 2.33. The maximum atomic E-state index is 12.2. The predicted molar refractivity (Wildman–Crippen MR) is 101 cm³/mol. The van der Waals surface area contributed by atoms with Crippen LogP contribution in [0.1, 0.15) is 58.0 Å². The average molecular weight is 351 g/mol. The van der Waals surface area contributed by atoms with Crippen LogP contribution in [-0.4, -0.2) is 49.1 Å². The molecule has 0 fully saturated rings. The zero-order chi connectivity index (χ0) is 18.7. The minimum atomic E-state index is -0.345. The normalized spacial score (nSPS) is 13.3. The molecule has 1 atom stereocenters. The van der Waals surface area contributed by atoms with Crippen molar-refractivity contribution in [3.63, 3.8) is 0 Å². The molecule has 0 bridgehead atoms. The Hall–Kier alpha value is -1.82. The smallest absolute Gasteiger partial charge is 0.294 e. The van der Waals surface area contributed by atoms with Gasteiger partial charge in [0, 0.05) is 0 Å². The minimum Gasteiger partial charge on any atom is -0.465 e. The van der Waals surface area contributed by atoms with Gasteiger partial charge in [-0.05, 0) is 57.5 Å². The van der Waals surface area contributed by atoms with Gasteiger partial charge in [0.05, 0.1) is 18.9 Å². The molecule has 1 rings (SSSR count). The van der Waals surface area contributed by atoms with Gasteiger partial charge in [0.15, 0.2) is 5.76 Å². The third-order valence-corrected chi connectivity index (χ3v) is 3.85. The zero-order valence-electron chi connectivity index (χ0n) is 16.2. The van der Waals surface area contributed by atoms with E-state index in [4.69, 9.17) is 9.15 Å². The molecule has 1 aromatic heterocycles. The van der Waals surface area contributed by atoms with Gasteiger partial charge in [-0.2, -0.15) is 0 Å². The van der Waals surface area contributed by atoms with Gasteiger partial charge >= 0.3 is 0 Å². The molecule has 0 saturated heterocycles. The standard InChI is InChI=1S/C19H33N3O3/c1-6-22(7-2)12-8-10-16(5)20-19(25-14-15(3)4)21-18(23)17-11-9-13-24-17/h9,11,13,15-16H,6-8,10,12,14H2,1-5H3,(H,20,21,23)/t16-/m0/s1. The highest BCUT2D eigenvalue weighted by Gasteiger charge is 2.14. The van der Waals surface area contributed by atoms with E-state index in [0.29, 0.717) is 12.5 Å². The van der Waals surface area contributed by atoms with Gasteiger partial charge in [-0.3, -0.25) is 10.1 Å². The van der Waals surface area contributed by atoms with Gasteiger partial charge in [0.1, 0.15) is 0 Å². The second-order valence-electron chi connectivity index (χ2n) is 6.59. The minimum absolute atomic E-state index is 0.0784. The van der Waals surface area contributed by atoms with Crippen molar-refractivity contribution < 1.29 is 13.9 Å². The van der Waals surface area contributed by atoms with Crippen LogP contribution in [0.4, 0.5) is 0 Å². The molecule has 0 spiro atoms. The van der Waals surface area contributed by atoms with E-state index in [9.17, 15) is 4.79 Å². The maximum absolute atomic E-state index is 12.2. The molecule has 0 aliphatic rings. The number of nitrogens with one attached hydrogen (secondary N) is 1. The van der Waals surface area contributed by atoms with Crippen molar-refractivity contribution in [1.29, 1.82) is 0 Å². The molecule has 0 aromatic carbocycles. The van der Waals surface area contributed by atoms with Crippen molar-refractivity contribution in [2.24, 2.45) is 10.9 Å². The zero-order valence-corrected chi connectivity index (χ0v) is 16.2. The van der Waals surface area contributed by atoms with E-state index in [-0.39, 0.29) is 23.7 Å². The SMILES string of the molecule is CCN(CC)CCC[C@H](C)N=C(NC(=O)c1ccco1)OCC(C)C. The highest BCUT2D eigenvalue weighted by atomic mass is 16.5. The van der Waals surface area contributed by atoms with Gasteiger partial charge in [0.2, 0.25) is 0 Å². The van der Waals surface area contributed by atoms with Crippen LogP contribution in [-0.2, 0) is 4.74 Å². The molecule has 6 nitrogen and oxygen atoms in total. The lowest BCUT2D eigenvalue weighted by molar-refractivity contribution is 0.0935. The van der Waals surface area contributed by atoms with Crippen molar-refractivity contribution in [2.45, 2.75) is 53.5 Å². The summed E-state index contributed by atoms with van der Waals surface area (Å²) in [5, 5.41) is 2.71. The van der Waals surface area contributed by atoms with E-state index in [1.165, 1.54) is 6.26 Å². The molecule has 0 aliphatic heterocycles. The van der Waals surface area contributed by atoms with Crippen molar-refractivity contribution in [3.8, 4) is 0 Å². The molecule has 1 amide bonds. The third-order valence-electron chi connectivity index (χ3n) is 3.85. The van der Waals surface area contributed by atoms with Crippen LogP contribution < -0.4 is 5.32 Å². The van der Waals surface area contributed by atoms with Crippen LogP contribution in [0.5, 0.6) is 0 Å². The molecular weight excluding hydrogens is 318 g/mol. The summed E-state index contributed by atoms with van der Waals surface area (Å²) >= 11 is 0. The van der Waals surface area contributed by atoms with E-state index in [2.05, 4.69) is 42.9 Å². The molecule has 0 unspecified atom stereocenters. The van der Waals surface area contributed by atoms with Crippen LogP contribution in [0, 0.1) is 5.92 Å². The first kappa shape index (κ1) is 21.2. The van der Waals surface area contributed by atoms with Gasteiger partial charge < -0.3 is 14.1 Å². The second kappa shape index (κ2) is 11.7. The number of hydrogen-bond donors (Lipinski definition) is 1. The number of carbonyl (C=O) groups is 1. The van der Waals surface area contributed by atoms with E-state index in [0.717, 1.165) is 32.5 Å². The number of aliphatic imine (C=N–C) groups is 1. The summed E-state index contributed by atoms with van der Waals surface area (Å²) in [5.41, 5.74) is 0. The molecule has 0 saturated carbocycles. The summed E-state index contributed by atoms with van der Waals surface area (Å²) in [4.78, 5) is 19.1. The van der Waals surface area contributed by atoms with Crippen molar-refractivity contribution in [3.05, 3.63) is 24.2 Å². The Balaban J connectivity index is 2.60. The summed E-state index contributed by atoms with van der Waals surface area (Å²) < 4.78 is 10.8. The Morgan fingerprint density at radius 1 is 1.32 bits per heavy atom. The maximum Gasteiger partial charge on any atom is 0.294 e. The van der Waals surface area contributed by atoms with Crippen LogP contribution in [0.3, 0.4) is 0 Å². The first-order valence-corrected chi connectivity index (χ1v) is 9.24. The third kappa shape index (κ3) is 8.72. The van der Waals surface area contributed by atoms with E-state index < -0.39 is 0 Å². The van der Waals surface area contributed by atoms with Crippen molar-refractivity contribution in [2.75, 3.05) is 26.2 Å². The van der Waals surface area contributed by atoms with Crippen LogP contribution in [0.15, 0.2) is 27.8 Å². The average Bonchev–Trinajstić information content (AvgIpc) is 3.11. The van der Waals surface area contributed by atoms with Crippen LogP contribution >= 0.6 is 0 Å². The molecule has 1 N–H and O–H groups in total. The number of carbonyl (C=O) groups excluding carboxylic acids is 1. The molecule has 0 radical (unpaired) electrons. The summed E-state index contributed by atoms with van der Waals surface area (Å²) in [6, 6.07) is 3.64. The number of amides is 1. The molecular formula is C19H33N3O3. The monoisotopic (exact) mass is 351 g/mol. The van der Waals surface area contributed by atoms with Gasteiger partial charge in [0.25, 0.3) is 11.9 Å². The number of amidine groups is 1. The fourth-order valence-corrected chi connectivity index (χ4v) is 2.33. The second-order valence-corrected chi connectivity index (χ2v) is 6.59. The molecule has 1 heterocycles. The quantitative estimate of drug-likeness (QED) is 0.517. The van der Waals surface area contributed by atoms with Crippen molar-refractivity contribution >= 4 is 11.9 Å². The predicted octanol–water partition coefficient (Wildman–Crippen LogP) is 3.55. The summed E-state index contributed by atoms with van der Waals surface area (Å²) in [5.74, 6) is 0.251. The molecule has 0 aliphatic carbocycles. The highest BCUT2D eigenvalue weighted by molar-refractivity contribution is 6.02. The lowest BCUT2D eigenvalue weighted by Crippen LogP contribution is -2.34. The Morgan fingerprint density at radius 2 is 2.04 bits per heavy atom. The lowest BCUT2D eigenvalue weighted by Gasteiger charge is -2.18. The molecule has 25 heavy (non-hydrogen) atoms. The highest BCUT2D eigenvalue weighted by Crippen LogP contribution is 2.06. The number of furan rings is 1. The lowest BCUT2D eigenvalue weighted by atomic mass is 10.2. The molecule has 6 heteroatoms. The van der Waals surface area contributed by atoms with E-state index >= 15 is 0 Å². The fraction of sp³-hybridized carbons (Fsp3) is 0.684. The van der Waals surface area contributed by atoms with E-state index in [1.807, 2.05) is 6.92 Å².